The van der Waals surface area contributed by atoms with E-state index in [4.69, 9.17) is 16.3 Å². The van der Waals surface area contributed by atoms with Crippen molar-refractivity contribution in [3.8, 4) is 0 Å². The molecule has 2 atom stereocenters. The fraction of sp³-hybridized carbons (Fsp3) is 0.375. The van der Waals surface area contributed by atoms with E-state index in [0.717, 1.165) is 24.1 Å². The normalized spacial score (nSPS) is 22.9. The van der Waals surface area contributed by atoms with E-state index >= 15 is 0 Å². The molecule has 2 aliphatic rings. The van der Waals surface area contributed by atoms with Crippen LogP contribution in [0.25, 0.3) is 0 Å². The minimum Gasteiger partial charge on any atom is -0.468 e. The zero-order valence-electron chi connectivity index (χ0n) is 12.1. The molecule has 0 spiro atoms. The molecule has 1 unspecified atom stereocenters. The lowest BCUT2D eigenvalue weighted by Crippen LogP contribution is -2.42. The van der Waals surface area contributed by atoms with Crippen LogP contribution in [-0.2, 0) is 14.3 Å². The third-order valence-electron chi connectivity index (χ3n) is 4.01. The van der Waals surface area contributed by atoms with Gasteiger partial charge in [-0.2, -0.15) is 0 Å². The summed E-state index contributed by atoms with van der Waals surface area (Å²) >= 11 is 7.31. The average Bonchev–Trinajstić information content (AvgIpc) is 2.88. The minimum atomic E-state index is -0.468. The summed E-state index contributed by atoms with van der Waals surface area (Å²) in [6, 6.07) is 6.77. The van der Waals surface area contributed by atoms with Crippen LogP contribution in [0, 0.1) is 0 Å². The van der Waals surface area contributed by atoms with Gasteiger partial charge in [-0.1, -0.05) is 35.5 Å². The summed E-state index contributed by atoms with van der Waals surface area (Å²) in [4.78, 5) is 25.9. The van der Waals surface area contributed by atoms with Crippen LogP contribution in [0.15, 0.2) is 35.9 Å². The fourth-order valence-corrected chi connectivity index (χ4v) is 4.10. The standard InChI is InChI=1S/C16H16ClNO3S/c1-21-16(20)15(10-2-4-12(17)5-3-10)18-7-6-13-11(9-18)8-14(19)22-13/h2-5,8,13,15H,6-7,9H2,1H3/t13?,15-/m0/s1. The molecule has 0 N–H and O–H groups in total. The Balaban J connectivity index is 1.87. The van der Waals surface area contributed by atoms with E-state index in [1.165, 1.54) is 18.9 Å². The first-order valence-corrected chi connectivity index (χ1v) is 8.32. The Morgan fingerprint density at radius 3 is 2.82 bits per heavy atom. The number of methoxy groups -OCH3 is 1. The molecule has 0 amide bonds. The Bertz CT molecular complexity index is 629. The van der Waals surface area contributed by atoms with Gasteiger partial charge in [-0.05, 0) is 35.8 Å². The molecule has 1 saturated heterocycles. The maximum atomic E-state index is 12.3. The number of carbonyl (C=O) groups excluding carboxylic acids is 2. The number of halogens is 1. The van der Waals surface area contributed by atoms with Gasteiger partial charge in [0.2, 0.25) is 5.12 Å². The first kappa shape index (κ1) is 15.6. The van der Waals surface area contributed by atoms with Crippen LogP contribution in [-0.4, -0.2) is 41.4 Å². The SMILES string of the molecule is COC(=O)[C@H](c1ccc(Cl)cc1)N1CCC2SC(=O)C=C2C1. The molecular formula is C16H16ClNO3S. The third-order valence-corrected chi connectivity index (χ3v) is 5.44. The molecule has 0 aromatic heterocycles. The highest BCUT2D eigenvalue weighted by Gasteiger charge is 2.37. The number of carbonyl (C=O) groups is 2. The number of hydrogen-bond donors (Lipinski definition) is 0. The van der Waals surface area contributed by atoms with E-state index in [0.29, 0.717) is 11.6 Å². The topological polar surface area (TPSA) is 46.6 Å². The second-order valence-corrected chi connectivity index (χ2v) is 7.02. The highest BCUT2D eigenvalue weighted by molar-refractivity contribution is 8.15. The zero-order valence-corrected chi connectivity index (χ0v) is 13.7. The Morgan fingerprint density at radius 2 is 2.14 bits per heavy atom. The smallest absolute Gasteiger partial charge is 0.327 e. The van der Waals surface area contributed by atoms with Crippen molar-refractivity contribution in [3.05, 3.63) is 46.5 Å². The Morgan fingerprint density at radius 1 is 1.41 bits per heavy atom. The molecule has 1 aromatic carbocycles. The number of benzene rings is 1. The first-order valence-electron chi connectivity index (χ1n) is 7.07. The quantitative estimate of drug-likeness (QED) is 0.794. The lowest BCUT2D eigenvalue weighted by molar-refractivity contribution is -0.147. The van der Waals surface area contributed by atoms with Gasteiger partial charge >= 0.3 is 5.97 Å². The van der Waals surface area contributed by atoms with Crippen molar-refractivity contribution < 1.29 is 14.3 Å². The van der Waals surface area contributed by atoms with Crippen LogP contribution < -0.4 is 0 Å². The molecule has 1 aromatic rings. The van der Waals surface area contributed by atoms with Gasteiger partial charge in [0.25, 0.3) is 0 Å². The molecule has 2 heterocycles. The van der Waals surface area contributed by atoms with Crippen LogP contribution >= 0.6 is 23.4 Å². The summed E-state index contributed by atoms with van der Waals surface area (Å²) in [5.74, 6) is -0.293. The molecule has 6 heteroatoms. The largest absolute Gasteiger partial charge is 0.468 e. The number of thioether (sulfide) groups is 1. The van der Waals surface area contributed by atoms with Gasteiger partial charge in [-0.3, -0.25) is 9.69 Å². The Labute approximate surface area is 138 Å². The molecule has 116 valence electrons. The average molecular weight is 338 g/mol. The van der Waals surface area contributed by atoms with Gasteiger partial charge in [0, 0.05) is 23.4 Å². The Kier molecular flexibility index (Phi) is 4.57. The number of fused-ring (bicyclic) bond motifs is 1. The fourth-order valence-electron chi connectivity index (χ4n) is 2.96. The van der Waals surface area contributed by atoms with Crippen molar-refractivity contribution in [2.45, 2.75) is 17.7 Å². The molecule has 2 aliphatic heterocycles. The minimum absolute atomic E-state index is 0.114. The second kappa shape index (κ2) is 6.44. The maximum Gasteiger partial charge on any atom is 0.327 e. The summed E-state index contributed by atoms with van der Waals surface area (Å²) in [6.07, 6.45) is 2.57. The van der Waals surface area contributed by atoms with Crippen LogP contribution in [0.3, 0.4) is 0 Å². The van der Waals surface area contributed by atoms with Crippen molar-refractivity contribution in [1.29, 1.82) is 0 Å². The van der Waals surface area contributed by atoms with Gasteiger partial charge < -0.3 is 4.74 Å². The molecule has 0 bridgehead atoms. The number of esters is 1. The van der Waals surface area contributed by atoms with Crippen LogP contribution in [0.1, 0.15) is 18.0 Å². The van der Waals surface area contributed by atoms with E-state index < -0.39 is 6.04 Å². The monoisotopic (exact) mass is 337 g/mol. The summed E-state index contributed by atoms with van der Waals surface area (Å²) < 4.78 is 4.98. The molecular weight excluding hydrogens is 322 g/mol. The maximum absolute atomic E-state index is 12.3. The number of likely N-dealkylation sites (tertiary alicyclic amines) is 1. The van der Waals surface area contributed by atoms with E-state index in [1.54, 1.807) is 18.2 Å². The number of hydrogen-bond acceptors (Lipinski definition) is 5. The van der Waals surface area contributed by atoms with Gasteiger partial charge in [-0.15, -0.1) is 0 Å². The Hall–Kier alpha value is -1.30. The van der Waals surface area contributed by atoms with Crippen LogP contribution in [0.5, 0.6) is 0 Å². The predicted octanol–water partition coefficient (Wildman–Crippen LogP) is 2.83. The number of ether oxygens (including phenoxy) is 1. The number of rotatable bonds is 3. The number of nitrogens with zero attached hydrogens (tertiary/aromatic N) is 1. The van der Waals surface area contributed by atoms with Crippen molar-refractivity contribution >= 4 is 34.4 Å². The van der Waals surface area contributed by atoms with E-state index in [1.807, 2.05) is 12.1 Å². The lowest BCUT2D eigenvalue weighted by Gasteiger charge is -2.36. The molecule has 22 heavy (non-hydrogen) atoms. The zero-order chi connectivity index (χ0) is 15.7. The second-order valence-electron chi connectivity index (χ2n) is 5.38. The van der Waals surface area contributed by atoms with Gasteiger partial charge in [0.1, 0.15) is 6.04 Å². The summed E-state index contributed by atoms with van der Waals surface area (Å²) in [6.45, 7) is 1.37. The lowest BCUT2D eigenvalue weighted by atomic mass is 9.98. The van der Waals surface area contributed by atoms with Crippen LogP contribution in [0.2, 0.25) is 5.02 Å². The van der Waals surface area contributed by atoms with E-state index in [-0.39, 0.29) is 16.3 Å². The summed E-state index contributed by atoms with van der Waals surface area (Å²) in [5.41, 5.74) is 1.95. The first-order chi connectivity index (χ1) is 10.6. The molecule has 3 rings (SSSR count). The summed E-state index contributed by atoms with van der Waals surface area (Å²) in [5, 5.41) is 1.02. The molecule has 1 fully saturated rings. The summed E-state index contributed by atoms with van der Waals surface area (Å²) in [7, 11) is 1.40. The van der Waals surface area contributed by atoms with Crippen molar-refractivity contribution in [1.82, 2.24) is 4.90 Å². The van der Waals surface area contributed by atoms with E-state index in [9.17, 15) is 9.59 Å². The van der Waals surface area contributed by atoms with Gasteiger partial charge in [0.15, 0.2) is 0 Å². The van der Waals surface area contributed by atoms with Crippen LogP contribution in [0.4, 0.5) is 0 Å². The van der Waals surface area contributed by atoms with Crippen molar-refractivity contribution in [2.24, 2.45) is 0 Å². The predicted molar refractivity (Wildman–Crippen MR) is 86.9 cm³/mol. The highest BCUT2D eigenvalue weighted by Crippen LogP contribution is 2.37. The highest BCUT2D eigenvalue weighted by atomic mass is 35.5. The van der Waals surface area contributed by atoms with Gasteiger partial charge in [0.05, 0.1) is 7.11 Å². The van der Waals surface area contributed by atoms with E-state index in [2.05, 4.69) is 4.90 Å². The molecule has 0 saturated carbocycles. The number of piperidine rings is 1. The molecule has 0 radical (unpaired) electrons. The van der Waals surface area contributed by atoms with Gasteiger partial charge in [-0.25, -0.2) is 4.79 Å². The molecule has 4 nitrogen and oxygen atoms in total. The van der Waals surface area contributed by atoms with Crippen molar-refractivity contribution in [2.75, 3.05) is 20.2 Å². The third kappa shape index (κ3) is 3.07. The van der Waals surface area contributed by atoms with Crippen molar-refractivity contribution in [3.63, 3.8) is 0 Å². The molecule has 0 aliphatic carbocycles.